The minimum Gasteiger partial charge on any atom is -0.366 e. The van der Waals surface area contributed by atoms with Gasteiger partial charge in [0.05, 0.1) is 12.0 Å². The van der Waals surface area contributed by atoms with Crippen molar-refractivity contribution in [2.24, 2.45) is 4.99 Å². The summed E-state index contributed by atoms with van der Waals surface area (Å²) in [5.41, 5.74) is 6.12. The SMILES string of the molecule is CCN(C)C=Nc1cc(C)c(Cc2ccc(Cl)cc2)cc1C. The molecule has 2 aromatic carbocycles. The van der Waals surface area contributed by atoms with Gasteiger partial charge in [0.15, 0.2) is 0 Å². The summed E-state index contributed by atoms with van der Waals surface area (Å²) in [5.74, 6) is 0. The third-order valence-electron chi connectivity index (χ3n) is 3.86. The number of nitrogens with zero attached hydrogens (tertiary/aromatic N) is 2. The van der Waals surface area contributed by atoms with E-state index in [1.807, 2.05) is 25.5 Å². The molecule has 0 saturated carbocycles. The summed E-state index contributed by atoms with van der Waals surface area (Å²) in [6.45, 7) is 7.33. The van der Waals surface area contributed by atoms with Crippen molar-refractivity contribution < 1.29 is 0 Å². The Bertz CT molecular complexity index is 660. The molecule has 0 aliphatic rings. The third-order valence-corrected chi connectivity index (χ3v) is 4.11. The van der Waals surface area contributed by atoms with Crippen molar-refractivity contribution in [3.8, 4) is 0 Å². The van der Waals surface area contributed by atoms with Crippen molar-refractivity contribution in [1.29, 1.82) is 0 Å². The molecule has 2 rings (SSSR count). The van der Waals surface area contributed by atoms with Crippen LogP contribution in [0.2, 0.25) is 5.02 Å². The van der Waals surface area contributed by atoms with Crippen molar-refractivity contribution in [3.63, 3.8) is 0 Å². The van der Waals surface area contributed by atoms with E-state index in [4.69, 9.17) is 11.6 Å². The van der Waals surface area contributed by atoms with Gasteiger partial charge in [-0.25, -0.2) is 4.99 Å². The smallest absolute Gasteiger partial charge is 0.0909 e. The van der Waals surface area contributed by atoms with Crippen molar-refractivity contribution >= 4 is 23.6 Å². The van der Waals surface area contributed by atoms with E-state index >= 15 is 0 Å². The fraction of sp³-hybridized carbons (Fsp3) is 0.316. The van der Waals surface area contributed by atoms with Crippen LogP contribution in [0.4, 0.5) is 5.69 Å². The van der Waals surface area contributed by atoms with Crippen molar-refractivity contribution in [2.45, 2.75) is 27.2 Å². The Kier molecular flexibility index (Phi) is 5.62. The lowest BCUT2D eigenvalue weighted by Crippen LogP contribution is -2.14. The molecule has 0 heterocycles. The predicted octanol–water partition coefficient (Wildman–Crippen LogP) is 5.16. The minimum absolute atomic E-state index is 0.779. The topological polar surface area (TPSA) is 15.6 Å². The van der Waals surface area contributed by atoms with Gasteiger partial charge in [0.1, 0.15) is 0 Å². The molecule has 2 aromatic rings. The van der Waals surface area contributed by atoms with Crippen LogP contribution in [0.5, 0.6) is 0 Å². The average molecular weight is 315 g/mol. The fourth-order valence-electron chi connectivity index (χ4n) is 2.25. The lowest BCUT2D eigenvalue weighted by Gasteiger charge is -2.12. The molecule has 22 heavy (non-hydrogen) atoms. The molecule has 0 bridgehead atoms. The highest BCUT2D eigenvalue weighted by molar-refractivity contribution is 6.30. The zero-order chi connectivity index (χ0) is 16.1. The van der Waals surface area contributed by atoms with E-state index in [0.29, 0.717) is 0 Å². The highest BCUT2D eigenvalue weighted by Crippen LogP contribution is 2.25. The highest BCUT2D eigenvalue weighted by atomic mass is 35.5. The van der Waals surface area contributed by atoms with Gasteiger partial charge in [0.2, 0.25) is 0 Å². The minimum atomic E-state index is 0.779. The lowest BCUT2D eigenvalue weighted by molar-refractivity contribution is 0.552. The molecular formula is C19H23ClN2. The molecule has 0 amide bonds. The zero-order valence-corrected chi connectivity index (χ0v) is 14.5. The number of aliphatic imine (C=N–C) groups is 1. The first-order valence-electron chi connectivity index (χ1n) is 7.58. The van der Waals surface area contributed by atoms with E-state index in [1.54, 1.807) is 0 Å². The van der Waals surface area contributed by atoms with Crippen molar-refractivity contribution in [2.75, 3.05) is 13.6 Å². The largest absolute Gasteiger partial charge is 0.366 e. The molecule has 0 spiro atoms. The quantitative estimate of drug-likeness (QED) is 0.550. The Morgan fingerprint density at radius 1 is 1.09 bits per heavy atom. The number of aryl methyl sites for hydroxylation is 2. The van der Waals surface area contributed by atoms with E-state index < -0.39 is 0 Å². The van der Waals surface area contributed by atoms with Crippen LogP contribution in [0.3, 0.4) is 0 Å². The van der Waals surface area contributed by atoms with E-state index in [2.05, 4.69) is 54.9 Å². The molecule has 0 aliphatic carbocycles. The molecule has 0 radical (unpaired) electrons. The van der Waals surface area contributed by atoms with Gasteiger partial charge in [-0.15, -0.1) is 0 Å². The number of rotatable bonds is 5. The fourth-order valence-corrected chi connectivity index (χ4v) is 2.38. The molecular weight excluding hydrogens is 292 g/mol. The Labute approximate surface area is 138 Å². The van der Waals surface area contributed by atoms with Gasteiger partial charge in [-0.05, 0) is 67.6 Å². The van der Waals surface area contributed by atoms with Gasteiger partial charge in [-0.1, -0.05) is 29.8 Å². The second kappa shape index (κ2) is 7.46. The van der Waals surface area contributed by atoms with Crippen molar-refractivity contribution in [1.82, 2.24) is 4.90 Å². The van der Waals surface area contributed by atoms with Gasteiger partial charge in [0.25, 0.3) is 0 Å². The zero-order valence-electron chi connectivity index (χ0n) is 13.7. The van der Waals surface area contributed by atoms with E-state index in [0.717, 1.165) is 23.7 Å². The highest BCUT2D eigenvalue weighted by Gasteiger charge is 2.05. The second-order valence-electron chi connectivity index (χ2n) is 5.69. The molecule has 0 aromatic heterocycles. The molecule has 116 valence electrons. The molecule has 0 fully saturated rings. The first kappa shape index (κ1) is 16.6. The molecule has 0 aliphatic heterocycles. The lowest BCUT2D eigenvalue weighted by atomic mass is 9.97. The van der Waals surface area contributed by atoms with Gasteiger partial charge in [0, 0.05) is 18.6 Å². The number of benzene rings is 2. The third kappa shape index (κ3) is 4.35. The Morgan fingerprint density at radius 2 is 1.77 bits per heavy atom. The van der Waals surface area contributed by atoms with Crippen molar-refractivity contribution in [3.05, 3.63) is 63.7 Å². The monoisotopic (exact) mass is 314 g/mol. The number of halogens is 1. The number of hydrogen-bond acceptors (Lipinski definition) is 1. The second-order valence-corrected chi connectivity index (χ2v) is 6.12. The van der Waals surface area contributed by atoms with Crippen LogP contribution in [0.25, 0.3) is 0 Å². The summed E-state index contributed by atoms with van der Waals surface area (Å²) in [5, 5.41) is 0.779. The predicted molar refractivity (Wildman–Crippen MR) is 96.6 cm³/mol. The molecule has 3 heteroatoms. The van der Waals surface area contributed by atoms with Crippen LogP contribution < -0.4 is 0 Å². The summed E-state index contributed by atoms with van der Waals surface area (Å²) in [7, 11) is 2.03. The summed E-state index contributed by atoms with van der Waals surface area (Å²) < 4.78 is 0. The molecule has 0 saturated heterocycles. The Morgan fingerprint density at radius 3 is 2.41 bits per heavy atom. The van der Waals surface area contributed by atoms with Crippen LogP contribution >= 0.6 is 11.6 Å². The van der Waals surface area contributed by atoms with E-state index in [-0.39, 0.29) is 0 Å². The Balaban J connectivity index is 2.22. The van der Waals surface area contributed by atoms with Crippen LogP contribution in [0.1, 0.15) is 29.2 Å². The van der Waals surface area contributed by atoms with Crippen LogP contribution in [-0.2, 0) is 6.42 Å². The first-order chi connectivity index (χ1) is 10.5. The van der Waals surface area contributed by atoms with Gasteiger partial charge >= 0.3 is 0 Å². The maximum Gasteiger partial charge on any atom is 0.0909 e. The number of hydrogen-bond donors (Lipinski definition) is 0. The van der Waals surface area contributed by atoms with Crippen LogP contribution in [0, 0.1) is 13.8 Å². The van der Waals surface area contributed by atoms with Crippen LogP contribution in [0.15, 0.2) is 41.4 Å². The standard InChI is InChI=1S/C19H23ClN2/c1-5-22(4)13-21-19-11-14(2)17(10-15(19)3)12-16-6-8-18(20)9-7-16/h6-11,13H,5,12H2,1-4H3. The van der Waals surface area contributed by atoms with E-state index in [1.165, 1.54) is 22.3 Å². The Hall–Kier alpha value is -1.80. The normalized spacial score (nSPS) is 11.1. The summed E-state index contributed by atoms with van der Waals surface area (Å²) in [6, 6.07) is 12.5. The van der Waals surface area contributed by atoms with E-state index in [9.17, 15) is 0 Å². The molecule has 0 unspecified atom stereocenters. The molecule has 0 atom stereocenters. The van der Waals surface area contributed by atoms with Gasteiger partial charge in [-0.3, -0.25) is 0 Å². The van der Waals surface area contributed by atoms with Crippen LogP contribution in [-0.4, -0.2) is 24.8 Å². The van der Waals surface area contributed by atoms with Gasteiger partial charge < -0.3 is 4.90 Å². The van der Waals surface area contributed by atoms with Gasteiger partial charge in [-0.2, -0.15) is 0 Å². The summed E-state index contributed by atoms with van der Waals surface area (Å²) >= 11 is 5.94. The molecule has 0 N–H and O–H groups in total. The average Bonchev–Trinajstić information content (AvgIpc) is 2.51. The maximum atomic E-state index is 5.94. The first-order valence-corrected chi connectivity index (χ1v) is 7.96. The summed E-state index contributed by atoms with van der Waals surface area (Å²) in [6.07, 6.45) is 2.81. The summed E-state index contributed by atoms with van der Waals surface area (Å²) in [4.78, 5) is 6.65. The maximum absolute atomic E-state index is 5.94. The molecule has 2 nitrogen and oxygen atoms in total.